The van der Waals surface area contributed by atoms with Crippen molar-refractivity contribution in [3.63, 3.8) is 0 Å². The van der Waals surface area contributed by atoms with Gasteiger partial charge in [0.1, 0.15) is 17.8 Å². The third-order valence-corrected chi connectivity index (χ3v) is 5.37. The average molecular weight is 378 g/mol. The summed E-state index contributed by atoms with van der Waals surface area (Å²) in [5, 5.41) is 0. The number of nitrogens with zero attached hydrogens (tertiary/aromatic N) is 2. The molecule has 0 radical (unpaired) electrons. The van der Waals surface area contributed by atoms with Gasteiger partial charge in [-0.05, 0) is 44.7 Å². The van der Waals surface area contributed by atoms with Crippen LogP contribution in [-0.2, 0) is 14.9 Å². The zero-order chi connectivity index (χ0) is 18.6. The molecule has 0 N–H and O–H groups in total. The molecule has 1 aromatic heterocycles. The lowest BCUT2D eigenvalue weighted by Crippen LogP contribution is -2.33. The fraction of sp³-hybridized carbons (Fsp3) is 0.444. The quantitative estimate of drug-likeness (QED) is 0.713. The molecular weight excluding hydrogens is 356 g/mol. The SMILES string of the molecule is C[C@@H]1CC(CS(=O)(=O)Oc2cccc(Oc3ccncn3)c2)C[C@H](C)O1. The predicted molar refractivity (Wildman–Crippen MR) is 95.7 cm³/mol. The van der Waals surface area contributed by atoms with Crippen LogP contribution in [0.4, 0.5) is 0 Å². The van der Waals surface area contributed by atoms with E-state index in [-0.39, 0.29) is 29.6 Å². The van der Waals surface area contributed by atoms with E-state index in [4.69, 9.17) is 13.7 Å². The van der Waals surface area contributed by atoms with Crippen LogP contribution in [0.3, 0.4) is 0 Å². The zero-order valence-electron chi connectivity index (χ0n) is 14.7. The number of hydrogen-bond donors (Lipinski definition) is 0. The highest BCUT2D eigenvalue weighted by Crippen LogP contribution is 2.28. The molecule has 1 saturated heterocycles. The van der Waals surface area contributed by atoms with E-state index in [9.17, 15) is 8.42 Å². The van der Waals surface area contributed by atoms with Crippen LogP contribution in [0, 0.1) is 5.92 Å². The summed E-state index contributed by atoms with van der Waals surface area (Å²) < 4.78 is 41.4. The Hall–Kier alpha value is -2.19. The first-order valence-corrected chi connectivity index (χ1v) is 10.1. The molecule has 3 rings (SSSR count). The molecule has 1 unspecified atom stereocenters. The highest BCUT2D eigenvalue weighted by molar-refractivity contribution is 7.87. The summed E-state index contributed by atoms with van der Waals surface area (Å²) in [7, 11) is -3.71. The van der Waals surface area contributed by atoms with Crippen molar-refractivity contribution in [3.8, 4) is 17.4 Å². The van der Waals surface area contributed by atoms with Crippen LogP contribution >= 0.6 is 0 Å². The molecule has 26 heavy (non-hydrogen) atoms. The molecule has 1 aliphatic heterocycles. The van der Waals surface area contributed by atoms with Gasteiger partial charge in [-0.15, -0.1) is 0 Å². The number of benzene rings is 1. The Bertz CT molecular complexity index is 818. The maximum atomic E-state index is 12.4. The standard InChI is InChI=1S/C18H22N2O5S/c1-13-8-15(9-14(2)23-13)11-26(21,22)25-17-5-3-4-16(10-17)24-18-6-7-19-12-20-18/h3-7,10,12-15H,8-9,11H2,1-2H3/t13-,14+,15?. The molecule has 0 spiro atoms. The molecule has 0 bridgehead atoms. The van der Waals surface area contributed by atoms with Gasteiger partial charge in [0, 0.05) is 18.3 Å². The summed E-state index contributed by atoms with van der Waals surface area (Å²) in [6.07, 6.45) is 4.47. The largest absolute Gasteiger partial charge is 0.439 e. The van der Waals surface area contributed by atoms with E-state index in [0.29, 0.717) is 24.5 Å². The van der Waals surface area contributed by atoms with Crippen LogP contribution in [0.2, 0.25) is 0 Å². The molecule has 1 aliphatic rings. The van der Waals surface area contributed by atoms with Gasteiger partial charge in [0.05, 0.1) is 18.0 Å². The van der Waals surface area contributed by atoms with Gasteiger partial charge in [-0.2, -0.15) is 8.42 Å². The van der Waals surface area contributed by atoms with Crippen molar-refractivity contribution in [2.45, 2.75) is 38.9 Å². The Labute approximate surface area is 153 Å². The van der Waals surface area contributed by atoms with E-state index in [0.717, 1.165) is 0 Å². The van der Waals surface area contributed by atoms with Gasteiger partial charge in [0.2, 0.25) is 5.88 Å². The maximum Gasteiger partial charge on any atom is 0.309 e. The summed E-state index contributed by atoms with van der Waals surface area (Å²) in [6.45, 7) is 3.92. The van der Waals surface area contributed by atoms with E-state index >= 15 is 0 Å². The third-order valence-electron chi connectivity index (χ3n) is 4.04. The number of ether oxygens (including phenoxy) is 2. The van der Waals surface area contributed by atoms with Gasteiger partial charge in [-0.25, -0.2) is 9.97 Å². The molecule has 0 amide bonds. The topological polar surface area (TPSA) is 87.6 Å². The van der Waals surface area contributed by atoms with E-state index in [1.807, 2.05) is 13.8 Å². The first kappa shape index (κ1) is 18.6. The van der Waals surface area contributed by atoms with Crippen LogP contribution in [0.1, 0.15) is 26.7 Å². The van der Waals surface area contributed by atoms with Crippen LogP contribution in [-0.4, -0.2) is 36.3 Å². The second-order valence-electron chi connectivity index (χ2n) is 6.53. The molecular formula is C18H22N2O5S. The van der Waals surface area contributed by atoms with Crippen LogP contribution in [0.15, 0.2) is 42.9 Å². The molecule has 3 atom stereocenters. The fourth-order valence-electron chi connectivity index (χ4n) is 3.20. The van der Waals surface area contributed by atoms with Crippen molar-refractivity contribution in [3.05, 3.63) is 42.9 Å². The average Bonchev–Trinajstić information content (AvgIpc) is 2.54. The van der Waals surface area contributed by atoms with E-state index < -0.39 is 10.1 Å². The van der Waals surface area contributed by atoms with Crippen molar-refractivity contribution in [2.75, 3.05) is 5.75 Å². The second kappa shape index (κ2) is 8.01. The molecule has 0 aliphatic carbocycles. The van der Waals surface area contributed by atoms with Gasteiger partial charge in [0.25, 0.3) is 0 Å². The van der Waals surface area contributed by atoms with Crippen molar-refractivity contribution >= 4 is 10.1 Å². The Kier molecular flexibility index (Phi) is 5.73. The lowest BCUT2D eigenvalue weighted by atomic mass is 9.94. The minimum atomic E-state index is -3.71. The summed E-state index contributed by atoms with van der Waals surface area (Å²) in [6, 6.07) is 8.08. The lowest BCUT2D eigenvalue weighted by molar-refractivity contribution is -0.0480. The molecule has 8 heteroatoms. The van der Waals surface area contributed by atoms with Gasteiger partial charge < -0.3 is 13.7 Å². The lowest BCUT2D eigenvalue weighted by Gasteiger charge is -2.31. The summed E-state index contributed by atoms with van der Waals surface area (Å²) in [4.78, 5) is 7.78. The van der Waals surface area contributed by atoms with Crippen molar-refractivity contribution < 1.29 is 22.1 Å². The van der Waals surface area contributed by atoms with Crippen molar-refractivity contribution in [2.24, 2.45) is 5.92 Å². The highest BCUT2D eigenvalue weighted by atomic mass is 32.2. The molecule has 2 heterocycles. The molecule has 1 aromatic carbocycles. The van der Waals surface area contributed by atoms with Gasteiger partial charge in [-0.1, -0.05) is 6.07 Å². The van der Waals surface area contributed by atoms with Crippen LogP contribution < -0.4 is 8.92 Å². The van der Waals surface area contributed by atoms with Gasteiger partial charge in [0.15, 0.2) is 0 Å². The molecule has 7 nitrogen and oxygen atoms in total. The summed E-state index contributed by atoms with van der Waals surface area (Å²) >= 11 is 0. The minimum Gasteiger partial charge on any atom is -0.439 e. The normalized spacial score (nSPS) is 23.4. The maximum absolute atomic E-state index is 12.4. The van der Waals surface area contributed by atoms with Crippen molar-refractivity contribution in [1.82, 2.24) is 9.97 Å². The second-order valence-corrected chi connectivity index (χ2v) is 8.14. The van der Waals surface area contributed by atoms with Crippen LogP contribution in [0.25, 0.3) is 0 Å². The van der Waals surface area contributed by atoms with E-state index in [1.165, 1.54) is 12.4 Å². The molecule has 140 valence electrons. The van der Waals surface area contributed by atoms with Gasteiger partial charge >= 0.3 is 10.1 Å². The molecule has 0 saturated carbocycles. The highest BCUT2D eigenvalue weighted by Gasteiger charge is 2.29. The summed E-state index contributed by atoms with van der Waals surface area (Å²) in [5.41, 5.74) is 0. The number of aromatic nitrogens is 2. The van der Waals surface area contributed by atoms with E-state index in [1.54, 1.807) is 30.5 Å². The van der Waals surface area contributed by atoms with Gasteiger partial charge in [-0.3, -0.25) is 0 Å². The van der Waals surface area contributed by atoms with Crippen LogP contribution in [0.5, 0.6) is 17.4 Å². The Morgan fingerprint density at radius 2 is 1.88 bits per heavy atom. The summed E-state index contributed by atoms with van der Waals surface area (Å²) in [5.74, 6) is 1.01. The zero-order valence-corrected chi connectivity index (χ0v) is 15.6. The van der Waals surface area contributed by atoms with E-state index in [2.05, 4.69) is 9.97 Å². The first-order valence-electron chi connectivity index (χ1n) is 8.51. The third kappa shape index (κ3) is 5.40. The Morgan fingerprint density at radius 1 is 1.15 bits per heavy atom. The Balaban J connectivity index is 1.65. The first-order chi connectivity index (χ1) is 12.4. The monoisotopic (exact) mass is 378 g/mol. The smallest absolute Gasteiger partial charge is 0.309 e. The minimum absolute atomic E-state index is 0.0258. The molecule has 1 fully saturated rings. The predicted octanol–water partition coefficient (Wildman–Crippen LogP) is 3.18. The Morgan fingerprint density at radius 3 is 2.58 bits per heavy atom. The number of rotatable bonds is 6. The fourth-order valence-corrected chi connectivity index (χ4v) is 4.51. The number of hydrogen-bond acceptors (Lipinski definition) is 7. The molecule has 2 aromatic rings. The van der Waals surface area contributed by atoms with Crippen molar-refractivity contribution in [1.29, 1.82) is 0 Å².